The zero-order valence-corrected chi connectivity index (χ0v) is 12.3. The fourth-order valence-corrected chi connectivity index (χ4v) is 2.26. The number of nitrogens with one attached hydrogen (secondary N) is 1. The van der Waals surface area contributed by atoms with Gasteiger partial charge in [0.15, 0.2) is 0 Å². The first-order chi connectivity index (χ1) is 9.85. The first-order valence-electron chi connectivity index (χ1n) is 7.34. The Bertz CT molecular complexity index is 494. The van der Waals surface area contributed by atoms with Gasteiger partial charge in [0.2, 0.25) is 0 Å². The SMILES string of the molecule is CCCNC(Cc1nccn1CCC)c1ccncn1. The summed E-state index contributed by atoms with van der Waals surface area (Å²) in [6.45, 7) is 6.34. The van der Waals surface area contributed by atoms with Crippen LogP contribution in [0.4, 0.5) is 0 Å². The van der Waals surface area contributed by atoms with Crippen LogP contribution in [-0.4, -0.2) is 26.1 Å². The fourth-order valence-electron chi connectivity index (χ4n) is 2.26. The highest BCUT2D eigenvalue weighted by atomic mass is 15.1. The van der Waals surface area contributed by atoms with E-state index in [0.717, 1.165) is 43.9 Å². The number of nitrogens with zero attached hydrogens (tertiary/aromatic N) is 4. The molecule has 0 amide bonds. The molecule has 0 aliphatic rings. The molecular formula is C15H23N5. The van der Waals surface area contributed by atoms with E-state index in [1.807, 2.05) is 12.3 Å². The maximum atomic E-state index is 4.49. The molecule has 0 aliphatic heterocycles. The Hall–Kier alpha value is -1.75. The van der Waals surface area contributed by atoms with E-state index in [-0.39, 0.29) is 6.04 Å². The molecule has 0 fully saturated rings. The third-order valence-corrected chi connectivity index (χ3v) is 3.26. The van der Waals surface area contributed by atoms with Gasteiger partial charge in [-0.05, 0) is 25.5 Å². The molecule has 0 spiro atoms. The first-order valence-corrected chi connectivity index (χ1v) is 7.34. The molecule has 0 saturated heterocycles. The first kappa shape index (κ1) is 14.7. The van der Waals surface area contributed by atoms with Gasteiger partial charge in [0.05, 0.1) is 11.7 Å². The quantitative estimate of drug-likeness (QED) is 0.802. The van der Waals surface area contributed by atoms with Crippen molar-refractivity contribution < 1.29 is 0 Å². The standard InChI is InChI=1S/C15H23N5/c1-3-6-17-14(13-5-7-16-12-19-13)11-15-18-8-10-20(15)9-4-2/h5,7-8,10,12,14,17H,3-4,6,9,11H2,1-2H3. The minimum atomic E-state index is 0.191. The maximum Gasteiger partial charge on any atom is 0.115 e. The van der Waals surface area contributed by atoms with E-state index in [2.05, 4.69) is 44.9 Å². The molecule has 20 heavy (non-hydrogen) atoms. The Kier molecular flexibility index (Phi) is 5.68. The third-order valence-electron chi connectivity index (χ3n) is 3.26. The summed E-state index contributed by atoms with van der Waals surface area (Å²) in [4.78, 5) is 12.9. The van der Waals surface area contributed by atoms with Gasteiger partial charge in [-0.3, -0.25) is 0 Å². The summed E-state index contributed by atoms with van der Waals surface area (Å²) in [5.41, 5.74) is 1.03. The van der Waals surface area contributed by atoms with Crippen LogP contribution in [0.5, 0.6) is 0 Å². The van der Waals surface area contributed by atoms with Crippen molar-refractivity contribution in [3.05, 3.63) is 42.5 Å². The molecule has 0 radical (unpaired) electrons. The van der Waals surface area contributed by atoms with Gasteiger partial charge in [-0.2, -0.15) is 0 Å². The lowest BCUT2D eigenvalue weighted by atomic mass is 10.1. The minimum Gasteiger partial charge on any atom is -0.335 e. The van der Waals surface area contributed by atoms with Crippen LogP contribution >= 0.6 is 0 Å². The Morgan fingerprint density at radius 1 is 1.20 bits per heavy atom. The largest absolute Gasteiger partial charge is 0.335 e. The average molecular weight is 273 g/mol. The highest BCUT2D eigenvalue weighted by Gasteiger charge is 2.15. The van der Waals surface area contributed by atoms with Crippen molar-refractivity contribution in [2.75, 3.05) is 6.54 Å². The van der Waals surface area contributed by atoms with Crippen LogP contribution in [0.2, 0.25) is 0 Å². The summed E-state index contributed by atoms with van der Waals surface area (Å²) in [6.07, 6.45) is 10.4. The predicted octanol–water partition coefficient (Wildman–Crippen LogP) is 2.37. The van der Waals surface area contributed by atoms with Crippen LogP contribution in [0.1, 0.15) is 44.2 Å². The molecule has 0 aliphatic carbocycles. The van der Waals surface area contributed by atoms with Gasteiger partial charge in [-0.15, -0.1) is 0 Å². The van der Waals surface area contributed by atoms with E-state index >= 15 is 0 Å². The molecule has 2 aromatic rings. The highest BCUT2D eigenvalue weighted by molar-refractivity contribution is 5.08. The maximum absolute atomic E-state index is 4.49. The summed E-state index contributed by atoms with van der Waals surface area (Å²) in [5.74, 6) is 1.11. The van der Waals surface area contributed by atoms with Gasteiger partial charge >= 0.3 is 0 Å². The van der Waals surface area contributed by atoms with Crippen molar-refractivity contribution in [1.82, 2.24) is 24.8 Å². The Balaban J connectivity index is 2.13. The number of imidazole rings is 1. The summed E-state index contributed by atoms with van der Waals surface area (Å²) in [6, 6.07) is 2.16. The lowest BCUT2D eigenvalue weighted by Crippen LogP contribution is -2.26. The van der Waals surface area contributed by atoms with Gasteiger partial charge in [-0.1, -0.05) is 13.8 Å². The van der Waals surface area contributed by atoms with Crippen LogP contribution < -0.4 is 5.32 Å². The summed E-state index contributed by atoms with van der Waals surface area (Å²) in [5, 5.41) is 3.55. The summed E-state index contributed by atoms with van der Waals surface area (Å²) >= 11 is 0. The van der Waals surface area contributed by atoms with Crippen LogP contribution in [-0.2, 0) is 13.0 Å². The van der Waals surface area contributed by atoms with Crippen molar-refractivity contribution in [3.63, 3.8) is 0 Å². The molecule has 0 bridgehead atoms. The highest BCUT2D eigenvalue weighted by Crippen LogP contribution is 2.15. The van der Waals surface area contributed by atoms with E-state index in [1.54, 1.807) is 12.5 Å². The lowest BCUT2D eigenvalue weighted by molar-refractivity contribution is 0.492. The predicted molar refractivity (Wildman–Crippen MR) is 79.3 cm³/mol. The molecular weight excluding hydrogens is 250 g/mol. The molecule has 2 heterocycles. The Morgan fingerprint density at radius 3 is 2.80 bits per heavy atom. The third kappa shape index (κ3) is 3.87. The minimum absolute atomic E-state index is 0.191. The van der Waals surface area contributed by atoms with Crippen LogP contribution in [0.15, 0.2) is 31.0 Å². The molecule has 1 atom stereocenters. The number of hydrogen-bond donors (Lipinski definition) is 1. The van der Waals surface area contributed by atoms with Crippen molar-refractivity contribution in [2.24, 2.45) is 0 Å². The molecule has 0 aromatic carbocycles. The zero-order chi connectivity index (χ0) is 14.2. The van der Waals surface area contributed by atoms with E-state index < -0.39 is 0 Å². The molecule has 5 nitrogen and oxygen atoms in total. The van der Waals surface area contributed by atoms with Gasteiger partial charge in [0.1, 0.15) is 12.2 Å². The van der Waals surface area contributed by atoms with Crippen LogP contribution in [0.3, 0.4) is 0 Å². The van der Waals surface area contributed by atoms with Crippen molar-refractivity contribution in [2.45, 2.75) is 45.7 Å². The topological polar surface area (TPSA) is 55.6 Å². The molecule has 1 N–H and O–H groups in total. The summed E-state index contributed by atoms with van der Waals surface area (Å²) in [7, 11) is 0. The Morgan fingerprint density at radius 2 is 2.10 bits per heavy atom. The van der Waals surface area contributed by atoms with Crippen molar-refractivity contribution in [3.8, 4) is 0 Å². The molecule has 5 heteroatoms. The van der Waals surface area contributed by atoms with Crippen LogP contribution in [0, 0.1) is 0 Å². The number of aromatic nitrogens is 4. The molecule has 108 valence electrons. The second-order valence-electron chi connectivity index (χ2n) is 4.88. The van der Waals surface area contributed by atoms with Crippen molar-refractivity contribution >= 4 is 0 Å². The molecule has 2 aromatic heterocycles. The zero-order valence-electron chi connectivity index (χ0n) is 12.3. The van der Waals surface area contributed by atoms with Crippen molar-refractivity contribution in [1.29, 1.82) is 0 Å². The van der Waals surface area contributed by atoms with Gasteiger partial charge in [0, 0.05) is 31.6 Å². The molecule has 1 unspecified atom stereocenters. The van der Waals surface area contributed by atoms with E-state index in [0.29, 0.717) is 0 Å². The van der Waals surface area contributed by atoms with E-state index in [1.165, 1.54) is 0 Å². The Labute approximate surface area is 120 Å². The average Bonchev–Trinajstić information content (AvgIpc) is 2.92. The van der Waals surface area contributed by atoms with E-state index in [9.17, 15) is 0 Å². The fraction of sp³-hybridized carbons (Fsp3) is 0.533. The monoisotopic (exact) mass is 273 g/mol. The summed E-state index contributed by atoms with van der Waals surface area (Å²) < 4.78 is 2.22. The van der Waals surface area contributed by atoms with Gasteiger partial charge < -0.3 is 9.88 Å². The second-order valence-corrected chi connectivity index (χ2v) is 4.88. The van der Waals surface area contributed by atoms with Gasteiger partial charge in [-0.25, -0.2) is 15.0 Å². The normalized spacial score (nSPS) is 12.5. The van der Waals surface area contributed by atoms with Crippen LogP contribution in [0.25, 0.3) is 0 Å². The lowest BCUT2D eigenvalue weighted by Gasteiger charge is -2.18. The smallest absolute Gasteiger partial charge is 0.115 e. The number of rotatable bonds is 8. The van der Waals surface area contributed by atoms with Gasteiger partial charge in [0.25, 0.3) is 0 Å². The number of hydrogen-bond acceptors (Lipinski definition) is 4. The molecule has 0 saturated carbocycles. The van der Waals surface area contributed by atoms with E-state index in [4.69, 9.17) is 0 Å². The molecule has 2 rings (SSSR count). The second kappa shape index (κ2) is 7.75. The number of aryl methyl sites for hydroxylation is 1.